The number of hydrogen-bond donors (Lipinski definition) is 1. The zero-order valence-electron chi connectivity index (χ0n) is 20.7. The van der Waals surface area contributed by atoms with Crippen LogP contribution in [0.1, 0.15) is 12.8 Å². The van der Waals surface area contributed by atoms with Crippen molar-refractivity contribution in [1.29, 1.82) is 0 Å². The molecule has 0 bridgehead atoms. The van der Waals surface area contributed by atoms with Crippen LogP contribution in [0.3, 0.4) is 0 Å². The average molecular weight is 486 g/mol. The summed E-state index contributed by atoms with van der Waals surface area (Å²) in [6.45, 7) is 5.02. The highest BCUT2D eigenvalue weighted by Crippen LogP contribution is 2.31. The zero-order chi connectivity index (χ0) is 24.5. The van der Waals surface area contributed by atoms with Gasteiger partial charge in [-0.15, -0.1) is 0 Å². The van der Waals surface area contributed by atoms with Crippen molar-refractivity contribution in [2.24, 2.45) is 5.92 Å². The fourth-order valence-electron chi connectivity index (χ4n) is 5.42. The van der Waals surface area contributed by atoms with Crippen molar-refractivity contribution in [2.75, 3.05) is 56.7 Å². The van der Waals surface area contributed by atoms with Crippen LogP contribution in [0.2, 0.25) is 0 Å². The van der Waals surface area contributed by atoms with Crippen LogP contribution in [-0.2, 0) is 0 Å². The molecule has 0 spiro atoms. The SMILES string of the molecule is COc1ccc2nccc(N3CCC(CNC4CCN(c5ccnc6ccc(OC)nc56)C4)C3)c2n1. The third-order valence-electron chi connectivity index (χ3n) is 7.34. The van der Waals surface area contributed by atoms with E-state index in [9.17, 15) is 0 Å². The van der Waals surface area contributed by atoms with E-state index in [2.05, 4.69) is 47.2 Å². The van der Waals surface area contributed by atoms with E-state index in [1.165, 1.54) is 0 Å². The molecule has 6 heterocycles. The molecule has 186 valence electrons. The van der Waals surface area contributed by atoms with Gasteiger partial charge in [-0.1, -0.05) is 0 Å². The lowest BCUT2D eigenvalue weighted by Crippen LogP contribution is -2.36. The summed E-state index contributed by atoms with van der Waals surface area (Å²) in [7, 11) is 3.30. The van der Waals surface area contributed by atoms with Gasteiger partial charge in [-0.2, -0.15) is 0 Å². The normalized spacial score (nSPS) is 19.9. The van der Waals surface area contributed by atoms with Gasteiger partial charge in [0.05, 0.1) is 36.6 Å². The monoisotopic (exact) mass is 485 g/mol. The molecule has 6 rings (SSSR count). The Bertz CT molecular complexity index is 1280. The van der Waals surface area contributed by atoms with Crippen molar-refractivity contribution in [3.8, 4) is 11.8 Å². The smallest absolute Gasteiger partial charge is 0.213 e. The molecule has 1 N–H and O–H groups in total. The lowest BCUT2D eigenvalue weighted by molar-refractivity contribution is 0.399. The van der Waals surface area contributed by atoms with Gasteiger partial charge < -0.3 is 24.6 Å². The summed E-state index contributed by atoms with van der Waals surface area (Å²) in [6.07, 6.45) is 6.02. The van der Waals surface area contributed by atoms with Crippen LogP contribution < -0.4 is 24.6 Å². The second kappa shape index (κ2) is 9.73. The molecule has 0 aromatic carbocycles. The molecule has 2 fully saturated rings. The van der Waals surface area contributed by atoms with Gasteiger partial charge in [0, 0.05) is 63.3 Å². The van der Waals surface area contributed by atoms with Crippen LogP contribution in [0.5, 0.6) is 11.8 Å². The highest BCUT2D eigenvalue weighted by molar-refractivity contribution is 5.89. The minimum absolute atomic E-state index is 0.459. The van der Waals surface area contributed by atoms with E-state index >= 15 is 0 Å². The molecule has 2 unspecified atom stereocenters. The Kier molecular flexibility index (Phi) is 6.14. The van der Waals surface area contributed by atoms with Gasteiger partial charge >= 0.3 is 0 Å². The molecule has 9 heteroatoms. The number of nitrogens with zero attached hydrogens (tertiary/aromatic N) is 6. The van der Waals surface area contributed by atoms with Crippen molar-refractivity contribution in [1.82, 2.24) is 25.3 Å². The van der Waals surface area contributed by atoms with Crippen LogP contribution >= 0.6 is 0 Å². The largest absolute Gasteiger partial charge is 0.481 e. The number of pyridine rings is 4. The summed E-state index contributed by atoms with van der Waals surface area (Å²) in [5.74, 6) is 1.84. The number of methoxy groups -OCH3 is 2. The molecular weight excluding hydrogens is 454 g/mol. The Morgan fingerprint density at radius 1 is 0.778 bits per heavy atom. The second-order valence-corrected chi connectivity index (χ2v) is 9.54. The Hall–Kier alpha value is -3.72. The van der Waals surface area contributed by atoms with Gasteiger partial charge in [0.15, 0.2) is 0 Å². The number of anilines is 2. The van der Waals surface area contributed by atoms with Crippen molar-refractivity contribution in [2.45, 2.75) is 18.9 Å². The molecule has 0 radical (unpaired) electrons. The van der Waals surface area contributed by atoms with Gasteiger partial charge in [0.2, 0.25) is 11.8 Å². The summed E-state index contributed by atoms with van der Waals surface area (Å²) in [4.78, 5) is 23.2. The van der Waals surface area contributed by atoms with E-state index in [1.54, 1.807) is 14.2 Å². The second-order valence-electron chi connectivity index (χ2n) is 9.54. The molecule has 4 aromatic heterocycles. The minimum atomic E-state index is 0.459. The molecular formula is C27H31N7O2. The van der Waals surface area contributed by atoms with Gasteiger partial charge in [-0.3, -0.25) is 9.97 Å². The molecule has 0 aliphatic carbocycles. The Morgan fingerprint density at radius 2 is 1.36 bits per heavy atom. The quantitative estimate of drug-likeness (QED) is 0.424. The summed E-state index contributed by atoms with van der Waals surface area (Å²) < 4.78 is 10.7. The van der Waals surface area contributed by atoms with E-state index < -0.39 is 0 Å². The van der Waals surface area contributed by atoms with Crippen molar-refractivity contribution in [3.05, 3.63) is 48.8 Å². The maximum Gasteiger partial charge on any atom is 0.213 e. The van der Waals surface area contributed by atoms with E-state index in [0.717, 1.165) is 79.0 Å². The number of fused-ring (bicyclic) bond motifs is 2. The topological polar surface area (TPSA) is 88.5 Å². The summed E-state index contributed by atoms with van der Waals surface area (Å²) in [5, 5.41) is 3.84. The van der Waals surface area contributed by atoms with Crippen molar-refractivity contribution >= 4 is 33.4 Å². The predicted molar refractivity (Wildman–Crippen MR) is 141 cm³/mol. The van der Waals surface area contributed by atoms with Gasteiger partial charge in [0.1, 0.15) is 11.0 Å². The van der Waals surface area contributed by atoms with E-state index in [4.69, 9.17) is 9.47 Å². The number of nitrogens with one attached hydrogen (secondary N) is 1. The first kappa shape index (κ1) is 22.7. The number of rotatable bonds is 7. The Morgan fingerprint density at radius 3 is 1.97 bits per heavy atom. The molecule has 0 amide bonds. The third-order valence-corrected chi connectivity index (χ3v) is 7.34. The Labute approximate surface area is 210 Å². The lowest BCUT2D eigenvalue weighted by Gasteiger charge is -2.22. The van der Waals surface area contributed by atoms with E-state index in [-0.39, 0.29) is 0 Å². The van der Waals surface area contributed by atoms with Crippen LogP contribution in [0.25, 0.3) is 22.1 Å². The highest BCUT2D eigenvalue weighted by atomic mass is 16.5. The molecule has 36 heavy (non-hydrogen) atoms. The van der Waals surface area contributed by atoms with Crippen LogP contribution in [0.15, 0.2) is 48.8 Å². The van der Waals surface area contributed by atoms with Crippen molar-refractivity contribution < 1.29 is 9.47 Å². The van der Waals surface area contributed by atoms with Gasteiger partial charge in [-0.05, 0) is 43.0 Å². The summed E-state index contributed by atoms with van der Waals surface area (Å²) in [5.41, 5.74) is 5.87. The first-order valence-electron chi connectivity index (χ1n) is 12.5. The molecule has 2 aliphatic heterocycles. The first-order chi connectivity index (χ1) is 17.7. The minimum Gasteiger partial charge on any atom is -0.481 e. The van der Waals surface area contributed by atoms with E-state index in [1.807, 2.05) is 36.7 Å². The number of ether oxygens (including phenoxy) is 2. The fraction of sp³-hybridized carbons (Fsp3) is 0.407. The first-order valence-corrected chi connectivity index (χ1v) is 12.5. The predicted octanol–water partition coefficient (Wildman–Crippen LogP) is 3.29. The molecule has 0 saturated carbocycles. The summed E-state index contributed by atoms with van der Waals surface area (Å²) >= 11 is 0. The van der Waals surface area contributed by atoms with Gasteiger partial charge in [0.25, 0.3) is 0 Å². The third kappa shape index (κ3) is 4.35. The maximum atomic E-state index is 5.35. The Balaban J connectivity index is 1.09. The van der Waals surface area contributed by atoms with Gasteiger partial charge in [-0.25, -0.2) is 9.97 Å². The zero-order valence-corrected chi connectivity index (χ0v) is 20.7. The highest BCUT2D eigenvalue weighted by Gasteiger charge is 2.28. The molecule has 2 atom stereocenters. The average Bonchev–Trinajstić information content (AvgIpc) is 3.60. The van der Waals surface area contributed by atoms with E-state index in [0.29, 0.717) is 23.7 Å². The van der Waals surface area contributed by atoms with Crippen molar-refractivity contribution in [3.63, 3.8) is 0 Å². The molecule has 4 aromatic rings. The summed E-state index contributed by atoms with van der Waals surface area (Å²) in [6, 6.07) is 12.3. The lowest BCUT2D eigenvalue weighted by atomic mass is 10.1. The molecule has 9 nitrogen and oxygen atoms in total. The standard InChI is InChI=1S/C27H31N7O2/c1-35-24-5-3-20-26(31-24)22(7-11-28-20)33-13-9-18(16-33)15-30-19-10-14-34(17-19)23-8-12-29-21-4-6-25(36-2)32-27(21)23/h3-8,11-12,18-19,30H,9-10,13-17H2,1-2H3. The fourth-order valence-corrected chi connectivity index (χ4v) is 5.42. The number of aromatic nitrogens is 4. The number of hydrogen-bond acceptors (Lipinski definition) is 9. The molecule has 2 saturated heterocycles. The van der Waals surface area contributed by atoms with Crippen LogP contribution in [0, 0.1) is 5.92 Å². The maximum absolute atomic E-state index is 5.35. The van der Waals surface area contributed by atoms with Crippen LogP contribution in [-0.4, -0.2) is 72.9 Å². The molecule has 2 aliphatic rings. The van der Waals surface area contributed by atoms with Crippen LogP contribution in [0.4, 0.5) is 11.4 Å².